The molecule has 0 aromatic carbocycles. The van der Waals surface area contributed by atoms with Gasteiger partial charge < -0.3 is 23.9 Å². The average Bonchev–Trinajstić information content (AvgIpc) is 3.50. The number of hydrogen-bond acceptors (Lipinski definition) is 8. The molecule has 37 heavy (non-hydrogen) atoms. The fourth-order valence-electron chi connectivity index (χ4n) is 4.37. The Balaban J connectivity index is 1.64. The maximum atomic E-state index is 12.3. The van der Waals surface area contributed by atoms with Crippen LogP contribution < -0.4 is 5.32 Å². The van der Waals surface area contributed by atoms with Gasteiger partial charge in [-0.1, -0.05) is 19.6 Å². The summed E-state index contributed by atoms with van der Waals surface area (Å²) in [6, 6.07) is 4.98. The van der Waals surface area contributed by atoms with Crippen LogP contribution in [0.3, 0.4) is 0 Å². The predicted molar refractivity (Wildman–Crippen MR) is 143 cm³/mol. The number of ether oxygens (including phenoxy) is 1. The monoisotopic (exact) mass is 522 g/mol. The molecule has 11 heteroatoms. The highest BCUT2D eigenvalue weighted by Gasteiger charge is 2.26. The van der Waals surface area contributed by atoms with E-state index in [0.29, 0.717) is 37.9 Å². The average molecular weight is 523 g/mol. The molecule has 4 heterocycles. The number of Topliss-reactive ketones (excluding diaryl/α,β-unsaturated/α-hetero) is 1. The highest BCUT2D eigenvalue weighted by atomic mass is 28.3. The van der Waals surface area contributed by atoms with Gasteiger partial charge in [0.15, 0.2) is 11.5 Å². The largest absolute Gasteiger partial charge is 0.433 e. The first-order valence-electron chi connectivity index (χ1n) is 12.6. The number of fused-ring (bicyclic) bond motifs is 1. The van der Waals surface area contributed by atoms with Crippen LogP contribution in [0.4, 0.5) is 5.69 Å². The molecule has 0 aliphatic carbocycles. The summed E-state index contributed by atoms with van der Waals surface area (Å²) < 4.78 is 13.7. The second kappa shape index (κ2) is 11.3. The van der Waals surface area contributed by atoms with E-state index in [-0.39, 0.29) is 29.9 Å². The maximum Gasteiger partial charge on any atom is 0.236 e. The van der Waals surface area contributed by atoms with E-state index < -0.39 is 8.07 Å². The van der Waals surface area contributed by atoms with Crippen LogP contribution in [-0.2, 0) is 16.3 Å². The van der Waals surface area contributed by atoms with Gasteiger partial charge in [-0.25, -0.2) is 9.97 Å². The Morgan fingerprint density at radius 3 is 2.81 bits per heavy atom. The minimum absolute atomic E-state index is 0.0284. The SMILES string of the molecule is CC(=O)c1cnc(-c2cnc3c(ccn3COCC[Si](C)(C)C)c2N[C@@H]2CCCN(C(=O)CC#N)C2)o1. The third-order valence-corrected chi connectivity index (χ3v) is 8.16. The van der Waals surface area contributed by atoms with Crippen LogP contribution in [0.2, 0.25) is 25.7 Å². The van der Waals surface area contributed by atoms with Gasteiger partial charge >= 0.3 is 0 Å². The maximum absolute atomic E-state index is 12.3. The first kappa shape index (κ1) is 26.6. The summed E-state index contributed by atoms with van der Waals surface area (Å²) in [7, 11) is -1.18. The standard InChI is InChI=1S/C26H34N6O4Si/c1-18(33)22-15-29-26(36-22)21-14-28-25-20(8-11-32(25)17-35-12-13-37(2,3)4)24(21)30-19-6-5-10-31(16-19)23(34)7-9-27/h8,11,14-15,19H,5-7,10,12-13,16-17H2,1-4H3,(H,28,30)/t19-/m1/s1. The van der Waals surface area contributed by atoms with E-state index in [4.69, 9.17) is 14.4 Å². The molecule has 1 atom stereocenters. The Kier molecular flexibility index (Phi) is 8.09. The molecule has 1 N–H and O–H groups in total. The van der Waals surface area contributed by atoms with Gasteiger partial charge in [0.1, 0.15) is 18.8 Å². The molecule has 1 amide bonds. The lowest BCUT2D eigenvalue weighted by molar-refractivity contribution is -0.131. The topological polar surface area (TPSA) is 126 Å². The van der Waals surface area contributed by atoms with Gasteiger partial charge in [-0.3, -0.25) is 9.59 Å². The fraction of sp³-hybridized carbons (Fsp3) is 0.500. The van der Waals surface area contributed by atoms with Crippen LogP contribution in [0.1, 0.15) is 36.7 Å². The summed E-state index contributed by atoms with van der Waals surface area (Å²) in [5.74, 6) is 0.118. The lowest BCUT2D eigenvalue weighted by Crippen LogP contribution is -2.45. The smallest absolute Gasteiger partial charge is 0.236 e. The molecule has 1 saturated heterocycles. The van der Waals surface area contributed by atoms with E-state index in [2.05, 4.69) is 34.9 Å². The van der Waals surface area contributed by atoms with Crippen LogP contribution in [-0.4, -0.2) is 64.9 Å². The van der Waals surface area contributed by atoms with Crippen molar-refractivity contribution < 1.29 is 18.7 Å². The second-order valence-electron chi connectivity index (χ2n) is 10.7. The molecule has 0 saturated carbocycles. The number of carbonyl (C=O) groups is 2. The zero-order chi connectivity index (χ0) is 26.6. The predicted octanol–water partition coefficient (Wildman–Crippen LogP) is 4.52. The molecule has 4 rings (SSSR count). The minimum Gasteiger partial charge on any atom is -0.433 e. The Morgan fingerprint density at radius 1 is 1.30 bits per heavy atom. The van der Waals surface area contributed by atoms with Gasteiger partial charge in [0, 0.05) is 58.5 Å². The molecule has 0 unspecified atom stereocenters. The number of nitrogens with one attached hydrogen (secondary N) is 1. The third kappa shape index (κ3) is 6.45. The van der Waals surface area contributed by atoms with Crippen molar-refractivity contribution in [1.82, 2.24) is 19.4 Å². The summed E-state index contributed by atoms with van der Waals surface area (Å²) in [5.41, 5.74) is 2.17. The summed E-state index contributed by atoms with van der Waals surface area (Å²) in [6.07, 6.45) is 6.64. The number of likely N-dealkylation sites (tertiary alicyclic amines) is 1. The molecule has 1 fully saturated rings. The molecule has 1 aliphatic rings. The quantitative estimate of drug-likeness (QED) is 0.234. The minimum atomic E-state index is -1.18. The molecule has 3 aromatic rings. The number of carbonyl (C=O) groups excluding carboxylic acids is 2. The van der Waals surface area contributed by atoms with Gasteiger partial charge in [-0.15, -0.1) is 0 Å². The van der Waals surface area contributed by atoms with E-state index in [0.717, 1.165) is 35.6 Å². The van der Waals surface area contributed by atoms with Crippen molar-refractivity contribution >= 4 is 36.5 Å². The molecular weight excluding hydrogens is 488 g/mol. The number of pyridine rings is 1. The van der Waals surface area contributed by atoms with Crippen molar-refractivity contribution in [2.24, 2.45) is 0 Å². The van der Waals surface area contributed by atoms with E-state index in [1.165, 1.54) is 13.1 Å². The summed E-state index contributed by atoms with van der Waals surface area (Å²) >= 11 is 0. The third-order valence-electron chi connectivity index (χ3n) is 6.45. The molecule has 0 spiro atoms. The van der Waals surface area contributed by atoms with Crippen LogP contribution >= 0.6 is 0 Å². The molecule has 3 aromatic heterocycles. The van der Waals surface area contributed by atoms with Gasteiger partial charge in [0.25, 0.3) is 0 Å². The fourth-order valence-corrected chi connectivity index (χ4v) is 5.12. The summed E-state index contributed by atoms with van der Waals surface area (Å²) in [6.45, 7) is 10.6. The lowest BCUT2D eigenvalue weighted by atomic mass is 10.0. The Hall–Kier alpha value is -3.49. The van der Waals surface area contributed by atoms with Gasteiger partial charge in [-0.2, -0.15) is 5.26 Å². The van der Waals surface area contributed by atoms with Crippen LogP contribution in [0.25, 0.3) is 22.5 Å². The second-order valence-corrected chi connectivity index (χ2v) is 16.3. The van der Waals surface area contributed by atoms with Crippen LogP contribution in [0, 0.1) is 11.3 Å². The van der Waals surface area contributed by atoms with Crippen LogP contribution in [0.15, 0.2) is 29.1 Å². The number of oxazole rings is 1. The normalized spacial score (nSPS) is 16.1. The van der Waals surface area contributed by atoms with Gasteiger partial charge in [0.05, 0.1) is 23.5 Å². The molecule has 0 radical (unpaired) electrons. The number of nitriles is 1. The first-order valence-corrected chi connectivity index (χ1v) is 16.3. The zero-order valence-corrected chi connectivity index (χ0v) is 22.9. The number of amides is 1. The summed E-state index contributed by atoms with van der Waals surface area (Å²) in [5, 5.41) is 13.4. The Bertz CT molecular complexity index is 1320. The molecule has 196 valence electrons. The van der Waals surface area contributed by atoms with E-state index in [1.807, 2.05) is 22.9 Å². The highest BCUT2D eigenvalue weighted by molar-refractivity contribution is 6.76. The van der Waals surface area contributed by atoms with Crippen molar-refractivity contribution in [2.45, 2.75) is 64.6 Å². The van der Waals surface area contributed by atoms with Crippen molar-refractivity contribution in [3.05, 3.63) is 30.4 Å². The van der Waals surface area contributed by atoms with E-state index in [9.17, 15) is 9.59 Å². The number of ketones is 1. The number of rotatable bonds is 10. The molecular formula is C26H34N6O4Si. The van der Waals surface area contributed by atoms with E-state index in [1.54, 1.807) is 11.1 Å². The number of piperidine rings is 1. The molecule has 10 nitrogen and oxygen atoms in total. The zero-order valence-electron chi connectivity index (χ0n) is 21.9. The number of anilines is 1. The van der Waals surface area contributed by atoms with Crippen LogP contribution in [0.5, 0.6) is 0 Å². The molecule has 1 aliphatic heterocycles. The van der Waals surface area contributed by atoms with Gasteiger partial charge in [-0.05, 0) is 25.0 Å². The van der Waals surface area contributed by atoms with Crippen molar-refractivity contribution in [3.8, 4) is 17.5 Å². The van der Waals surface area contributed by atoms with Crippen molar-refractivity contribution in [3.63, 3.8) is 0 Å². The van der Waals surface area contributed by atoms with Crippen molar-refractivity contribution in [2.75, 3.05) is 25.0 Å². The van der Waals surface area contributed by atoms with Gasteiger partial charge in [0.2, 0.25) is 11.8 Å². The number of nitrogens with zero attached hydrogens (tertiary/aromatic N) is 5. The highest BCUT2D eigenvalue weighted by Crippen LogP contribution is 2.35. The van der Waals surface area contributed by atoms with Crippen molar-refractivity contribution in [1.29, 1.82) is 5.26 Å². The van der Waals surface area contributed by atoms with E-state index >= 15 is 0 Å². The number of hydrogen-bond donors (Lipinski definition) is 1. The first-order chi connectivity index (χ1) is 17.7. The molecule has 0 bridgehead atoms. The Morgan fingerprint density at radius 2 is 2.11 bits per heavy atom. The Labute approximate surface area is 217 Å². The lowest BCUT2D eigenvalue weighted by Gasteiger charge is -2.33. The number of aromatic nitrogens is 3. The summed E-state index contributed by atoms with van der Waals surface area (Å²) in [4.78, 5) is 34.9.